The summed E-state index contributed by atoms with van der Waals surface area (Å²) in [6.45, 7) is 3.24. The van der Waals surface area contributed by atoms with Gasteiger partial charge in [-0.05, 0) is 49.6 Å². The molecule has 0 aliphatic carbocycles. The molecule has 34 heavy (non-hydrogen) atoms. The van der Waals surface area contributed by atoms with Crippen molar-refractivity contribution in [3.05, 3.63) is 53.6 Å². The number of ether oxygens (including phenoxy) is 4. The second-order valence-corrected chi connectivity index (χ2v) is 7.63. The molecule has 2 atom stereocenters. The number of hydrogen-bond acceptors (Lipinski definition) is 8. The van der Waals surface area contributed by atoms with Crippen molar-refractivity contribution in [2.24, 2.45) is 0 Å². The first kappa shape index (κ1) is 26.9. The van der Waals surface area contributed by atoms with Gasteiger partial charge in [0, 0.05) is 12.1 Å². The Morgan fingerprint density at radius 3 is 2.44 bits per heavy atom. The molecule has 3 N–H and O–H groups in total. The van der Waals surface area contributed by atoms with Crippen molar-refractivity contribution in [1.29, 1.82) is 0 Å². The van der Waals surface area contributed by atoms with Gasteiger partial charge in [-0.15, -0.1) is 0 Å². The van der Waals surface area contributed by atoms with Crippen molar-refractivity contribution < 1.29 is 38.7 Å². The van der Waals surface area contributed by atoms with E-state index in [1.165, 1.54) is 0 Å². The maximum absolute atomic E-state index is 11.9. The zero-order valence-corrected chi connectivity index (χ0v) is 19.8. The van der Waals surface area contributed by atoms with Gasteiger partial charge in [0.1, 0.15) is 24.6 Å². The molecule has 2 aromatic carbocycles. The van der Waals surface area contributed by atoms with E-state index in [1.807, 2.05) is 19.1 Å². The standard InChI is InChI=1S/C25H33NO8/c1-4-13-26-15-18(27)16-33-20-8-6-5-7-19(20)21(34-25(30)24(28)29)11-9-17-10-12-22(31-2)23(14-17)32-3/h5-8,10,12,14,18,21,26-27H,4,9,11,13,15-16H2,1-3H3,(H,28,29). The first-order valence-corrected chi connectivity index (χ1v) is 11.1. The molecule has 186 valence electrons. The summed E-state index contributed by atoms with van der Waals surface area (Å²) in [5, 5.41) is 22.3. The molecule has 0 bridgehead atoms. The third-order valence-corrected chi connectivity index (χ3v) is 5.07. The van der Waals surface area contributed by atoms with E-state index in [-0.39, 0.29) is 6.61 Å². The molecule has 0 saturated heterocycles. The van der Waals surface area contributed by atoms with Crippen LogP contribution in [0.1, 0.15) is 37.0 Å². The van der Waals surface area contributed by atoms with E-state index >= 15 is 0 Å². The monoisotopic (exact) mass is 475 g/mol. The Labute approximate surface area is 199 Å². The summed E-state index contributed by atoms with van der Waals surface area (Å²) in [6.07, 6.45) is 0.118. The molecular weight excluding hydrogens is 442 g/mol. The molecule has 0 saturated carbocycles. The van der Waals surface area contributed by atoms with Gasteiger partial charge in [-0.25, -0.2) is 9.59 Å². The number of carbonyl (C=O) groups is 2. The summed E-state index contributed by atoms with van der Waals surface area (Å²) in [6, 6.07) is 12.4. The third kappa shape index (κ3) is 8.24. The van der Waals surface area contributed by atoms with E-state index in [0.29, 0.717) is 42.2 Å². The molecule has 2 unspecified atom stereocenters. The first-order valence-electron chi connectivity index (χ1n) is 11.1. The second kappa shape index (κ2) is 14.1. The number of carbonyl (C=O) groups excluding carboxylic acids is 1. The number of para-hydroxylation sites is 1. The highest BCUT2D eigenvalue weighted by molar-refractivity contribution is 6.28. The van der Waals surface area contributed by atoms with Crippen LogP contribution in [0.25, 0.3) is 0 Å². The lowest BCUT2D eigenvalue weighted by Crippen LogP contribution is -2.32. The van der Waals surface area contributed by atoms with Crippen LogP contribution >= 0.6 is 0 Å². The summed E-state index contributed by atoms with van der Waals surface area (Å²) in [4.78, 5) is 23.0. The normalized spacial score (nSPS) is 12.5. The highest BCUT2D eigenvalue weighted by atomic mass is 16.6. The molecular formula is C25H33NO8. The average molecular weight is 476 g/mol. The van der Waals surface area contributed by atoms with E-state index in [9.17, 15) is 14.7 Å². The fourth-order valence-corrected chi connectivity index (χ4v) is 3.36. The van der Waals surface area contributed by atoms with Gasteiger partial charge >= 0.3 is 11.9 Å². The number of aliphatic carboxylic acids is 1. The number of rotatable bonds is 14. The number of carboxylic acids is 1. The Morgan fingerprint density at radius 1 is 1.03 bits per heavy atom. The summed E-state index contributed by atoms with van der Waals surface area (Å²) >= 11 is 0. The molecule has 0 radical (unpaired) electrons. The van der Waals surface area contributed by atoms with Gasteiger partial charge in [-0.2, -0.15) is 0 Å². The van der Waals surface area contributed by atoms with Gasteiger partial charge < -0.3 is 34.5 Å². The lowest BCUT2D eigenvalue weighted by molar-refractivity contribution is -0.168. The largest absolute Gasteiger partial charge is 0.493 e. The van der Waals surface area contributed by atoms with Crippen molar-refractivity contribution in [2.75, 3.05) is 33.9 Å². The Morgan fingerprint density at radius 2 is 1.76 bits per heavy atom. The number of aryl methyl sites for hydroxylation is 1. The van der Waals surface area contributed by atoms with Crippen LogP contribution in [0, 0.1) is 0 Å². The van der Waals surface area contributed by atoms with E-state index in [4.69, 9.17) is 24.1 Å². The lowest BCUT2D eigenvalue weighted by atomic mass is 10.00. The molecule has 2 aromatic rings. The fraction of sp³-hybridized carbons (Fsp3) is 0.440. The number of nitrogens with one attached hydrogen (secondary N) is 1. The number of carboxylic acid groups (broad SMARTS) is 1. The fourth-order valence-electron chi connectivity index (χ4n) is 3.36. The molecule has 9 nitrogen and oxygen atoms in total. The highest BCUT2D eigenvalue weighted by Gasteiger charge is 2.25. The summed E-state index contributed by atoms with van der Waals surface area (Å²) in [5.74, 6) is -1.46. The Kier molecular flexibility index (Phi) is 11.2. The minimum Gasteiger partial charge on any atom is -0.493 e. The number of aliphatic hydroxyl groups excluding tert-OH is 1. The zero-order valence-electron chi connectivity index (χ0n) is 19.8. The van der Waals surface area contributed by atoms with Crippen molar-refractivity contribution in [3.63, 3.8) is 0 Å². The lowest BCUT2D eigenvalue weighted by Gasteiger charge is -2.21. The van der Waals surface area contributed by atoms with Crippen LogP contribution in [0.4, 0.5) is 0 Å². The van der Waals surface area contributed by atoms with Crippen LogP contribution in [0.15, 0.2) is 42.5 Å². The van der Waals surface area contributed by atoms with Crippen LogP contribution in [-0.2, 0) is 20.7 Å². The smallest absolute Gasteiger partial charge is 0.417 e. The topological polar surface area (TPSA) is 124 Å². The summed E-state index contributed by atoms with van der Waals surface area (Å²) in [5.41, 5.74) is 1.41. The molecule has 0 aliphatic heterocycles. The van der Waals surface area contributed by atoms with Crippen LogP contribution in [-0.4, -0.2) is 62.2 Å². The van der Waals surface area contributed by atoms with Crippen molar-refractivity contribution >= 4 is 11.9 Å². The predicted octanol–water partition coefficient (Wildman–Crippen LogP) is 2.74. The molecule has 0 amide bonds. The van der Waals surface area contributed by atoms with Crippen LogP contribution in [0.2, 0.25) is 0 Å². The number of esters is 1. The van der Waals surface area contributed by atoms with Gasteiger partial charge in [-0.3, -0.25) is 0 Å². The van der Waals surface area contributed by atoms with E-state index < -0.39 is 24.1 Å². The molecule has 0 spiro atoms. The number of hydrogen-bond donors (Lipinski definition) is 3. The highest BCUT2D eigenvalue weighted by Crippen LogP contribution is 2.33. The Bertz CT molecular complexity index is 933. The van der Waals surface area contributed by atoms with Gasteiger partial charge in [0.2, 0.25) is 0 Å². The van der Waals surface area contributed by atoms with E-state index in [2.05, 4.69) is 5.32 Å². The van der Waals surface area contributed by atoms with Crippen LogP contribution in [0.3, 0.4) is 0 Å². The van der Waals surface area contributed by atoms with Crippen molar-refractivity contribution in [2.45, 2.75) is 38.4 Å². The van der Waals surface area contributed by atoms with Gasteiger partial charge in [0.15, 0.2) is 11.5 Å². The quantitative estimate of drug-likeness (QED) is 0.215. The Hall–Kier alpha value is -3.30. The first-order chi connectivity index (χ1) is 16.4. The molecule has 0 fully saturated rings. The van der Waals surface area contributed by atoms with Gasteiger partial charge in [0.25, 0.3) is 0 Å². The zero-order chi connectivity index (χ0) is 24.9. The molecule has 9 heteroatoms. The maximum atomic E-state index is 11.9. The number of aliphatic hydroxyl groups is 1. The average Bonchev–Trinajstić information content (AvgIpc) is 2.85. The minimum atomic E-state index is -1.67. The van der Waals surface area contributed by atoms with Crippen LogP contribution < -0.4 is 19.5 Å². The van der Waals surface area contributed by atoms with Gasteiger partial charge in [-0.1, -0.05) is 31.2 Å². The molecule has 0 aliphatic rings. The summed E-state index contributed by atoms with van der Waals surface area (Å²) < 4.78 is 21.7. The SMILES string of the molecule is CCCNCC(O)COc1ccccc1C(CCc1ccc(OC)c(OC)c1)OC(=O)C(=O)O. The number of methoxy groups -OCH3 is 2. The molecule has 2 rings (SSSR count). The van der Waals surface area contributed by atoms with E-state index in [1.54, 1.807) is 44.6 Å². The minimum absolute atomic E-state index is 0.0308. The predicted molar refractivity (Wildman–Crippen MR) is 125 cm³/mol. The third-order valence-electron chi connectivity index (χ3n) is 5.07. The van der Waals surface area contributed by atoms with Crippen molar-refractivity contribution in [3.8, 4) is 17.2 Å². The van der Waals surface area contributed by atoms with E-state index in [0.717, 1.165) is 18.5 Å². The molecule has 0 aromatic heterocycles. The second-order valence-electron chi connectivity index (χ2n) is 7.63. The maximum Gasteiger partial charge on any atom is 0.417 e. The summed E-state index contributed by atoms with van der Waals surface area (Å²) in [7, 11) is 3.09. The van der Waals surface area contributed by atoms with Gasteiger partial charge in [0.05, 0.1) is 14.2 Å². The Balaban J connectivity index is 2.19. The number of benzene rings is 2. The van der Waals surface area contributed by atoms with Crippen molar-refractivity contribution in [1.82, 2.24) is 5.32 Å². The van der Waals surface area contributed by atoms with Crippen LogP contribution in [0.5, 0.6) is 17.2 Å². The molecule has 0 heterocycles.